The summed E-state index contributed by atoms with van der Waals surface area (Å²) in [5.74, 6) is 2.26. The molecule has 3 aromatic rings. The van der Waals surface area contributed by atoms with Gasteiger partial charge in [-0.2, -0.15) is 0 Å². The minimum Gasteiger partial charge on any atom is -0.467 e. The van der Waals surface area contributed by atoms with Crippen LogP contribution >= 0.6 is 23.1 Å². The number of aryl methyl sites for hydroxylation is 1. The molecule has 0 fully saturated rings. The molecule has 0 radical (unpaired) electrons. The second-order valence-corrected chi connectivity index (χ2v) is 8.96. The molecule has 0 saturated heterocycles. The third-order valence-electron chi connectivity index (χ3n) is 4.66. The number of furan rings is 1. The quantitative estimate of drug-likeness (QED) is 0.573. The van der Waals surface area contributed by atoms with Crippen molar-refractivity contribution in [2.45, 2.75) is 38.0 Å². The van der Waals surface area contributed by atoms with E-state index < -0.39 is 0 Å². The van der Waals surface area contributed by atoms with E-state index in [2.05, 4.69) is 23.2 Å². The van der Waals surface area contributed by atoms with Gasteiger partial charge in [0.1, 0.15) is 5.76 Å². The van der Waals surface area contributed by atoms with Gasteiger partial charge in [0.05, 0.1) is 23.4 Å². The fourth-order valence-electron chi connectivity index (χ4n) is 3.14. The van der Waals surface area contributed by atoms with Crippen molar-refractivity contribution in [2.75, 3.05) is 12.8 Å². The molecule has 0 N–H and O–H groups in total. The number of thiophene rings is 1. The molecule has 1 amide bonds. The molecule has 1 aliphatic carbocycles. The molecule has 1 atom stereocenters. The van der Waals surface area contributed by atoms with Crippen molar-refractivity contribution in [1.29, 1.82) is 0 Å². The monoisotopic (exact) mass is 403 g/mol. The maximum absolute atomic E-state index is 12.3. The number of nitrogens with zero attached hydrogens (tertiary/aromatic N) is 3. The molecule has 8 heteroatoms. The van der Waals surface area contributed by atoms with Gasteiger partial charge in [0.25, 0.3) is 11.1 Å². The Morgan fingerprint density at radius 1 is 1.44 bits per heavy atom. The van der Waals surface area contributed by atoms with Gasteiger partial charge in [-0.15, -0.1) is 21.5 Å². The fraction of sp³-hybridized carbons (Fsp3) is 0.421. The minimum atomic E-state index is -0.0169. The van der Waals surface area contributed by atoms with Crippen molar-refractivity contribution in [3.8, 4) is 10.8 Å². The molecule has 0 aliphatic heterocycles. The largest absolute Gasteiger partial charge is 0.467 e. The van der Waals surface area contributed by atoms with Gasteiger partial charge < -0.3 is 13.7 Å². The van der Waals surface area contributed by atoms with E-state index in [1.54, 1.807) is 29.5 Å². The van der Waals surface area contributed by atoms with E-state index in [9.17, 15) is 4.79 Å². The van der Waals surface area contributed by atoms with Crippen LogP contribution in [0.25, 0.3) is 10.8 Å². The van der Waals surface area contributed by atoms with Crippen LogP contribution in [-0.2, 0) is 24.2 Å². The topological polar surface area (TPSA) is 72.4 Å². The summed E-state index contributed by atoms with van der Waals surface area (Å²) in [5, 5.41) is 8.67. The van der Waals surface area contributed by atoms with Gasteiger partial charge in [-0.3, -0.25) is 4.79 Å². The zero-order chi connectivity index (χ0) is 18.8. The molecule has 0 spiro atoms. The van der Waals surface area contributed by atoms with Crippen molar-refractivity contribution < 1.29 is 13.6 Å². The summed E-state index contributed by atoms with van der Waals surface area (Å²) in [7, 11) is 1.75. The highest BCUT2D eigenvalue weighted by Crippen LogP contribution is 2.37. The van der Waals surface area contributed by atoms with Crippen LogP contribution in [0.4, 0.5) is 0 Å². The highest BCUT2D eigenvalue weighted by molar-refractivity contribution is 7.99. The first-order chi connectivity index (χ1) is 13.1. The molecule has 6 nitrogen and oxygen atoms in total. The predicted octanol–water partition coefficient (Wildman–Crippen LogP) is 4.27. The Balaban J connectivity index is 1.35. The number of carbonyl (C=O) groups excluding carboxylic acids is 1. The second kappa shape index (κ2) is 7.90. The van der Waals surface area contributed by atoms with E-state index in [1.807, 2.05) is 12.1 Å². The first-order valence-electron chi connectivity index (χ1n) is 8.93. The number of aromatic nitrogens is 2. The minimum absolute atomic E-state index is 0.0169. The molecule has 4 rings (SSSR count). The number of thioether (sulfide) groups is 1. The van der Waals surface area contributed by atoms with Crippen molar-refractivity contribution in [3.63, 3.8) is 0 Å². The molecule has 0 aromatic carbocycles. The first kappa shape index (κ1) is 18.3. The lowest BCUT2D eigenvalue weighted by Crippen LogP contribution is -2.27. The standard InChI is InChI=1S/C19H21N3O3S2/c1-12-5-6-15-13(8-12)9-16(27-15)18-20-21-19(25-18)26-11-17(23)22(2)10-14-4-3-7-24-14/h3-4,7,9,12H,5-6,8,10-11H2,1-2H3/t12-/m0/s1. The van der Waals surface area contributed by atoms with Gasteiger partial charge >= 0.3 is 0 Å². The van der Waals surface area contributed by atoms with E-state index in [0.717, 1.165) is 29.4 Å². The Kier molecular flexibility index (Phi) is 5.36. The smallest absolute Gasteiger partial charge is 0.277 e. The molecule has 0 saturated carbocycles. The number of rotatable bonds is 6. The lowest BCUT2D eigenvalue weighted by Gasteiger charge is -2.16. The SMILES string of the molecule is C[C@H]1CCc2sc(-c3nnc(SCC(=O)N(C)Cc4ccco4)o3)cc2C1. The average Bonchev–Trinajstić information content (AvgIpc) is 3.39. The molecule has 1 aliphatic rings. The van der Waals surface area contributed by atoms with Crippen molar-refractivity contribution in [3.05, 3.63) is 40.7 Å². The van der Waals surface area contributed by atoms with Gasteiger partial charge in [-0.05, 0) is 48.9 Å². The van der Waals surface area contributed by atoms with Crippen LogP contribution in [0.1, 0.15) is 29.5 Å². The van der Waals surface area contributed by atoms with E-state index in [4.69, 9.17) is 8.83 Å². The number of hydrogen-bond acceptors (Lipinski definition) is 7. The van der Waals surface area contributed by atoms with Crippen LogP contribution in [0.3, 0.4) is 0 Å². The Morgan fingerprint density at radius 2 is 2.33 bits per heavy atom. The molecule has 3 aromatic heterocycles. The van der Waals surface area contributed by atoms with E-state index in [-0.39, 0.29) is 11.7 Å². The van der Waals surface area contributed by atoms with E-state index in [0.29, 0.717) is 17.7 Å². The van der Waals surface area contributed by atoms with Crippen molar-refractivity contribution >= 4 is 29.0 Å². The summed E-state index contributed by atoms with van der Waals surface area (Å²) in [6.07, 6.45) is 5.10. The van der Waals surface area contributed by atoms with Gasteiger partial charge in [-0.1, -0.05) is 18.7 Å². The van der Waals surface area contributed by atoms with E-state index >= 15 is 0 Å². The molecular weight excluding hydrogens is 382 g/mol. The third kappa shape index (κ3) is 4.27. The van der Waals surface area contributed by atoms with Crippen LogP contribution in [0.15, 0.2) is 38.5 Å². The predicted molar refractivity (Wildman–Crippen MR) is 105 cm³/mol. The zero-order valence-electron chi connectivity index (χ0n) is 15.3. The summed E-state index contributed by atoms with van der Waals surface area (Å²) in [6.45, 7) is 2.74. The summed E-state index contributed by atoms with van der Waals surface area (Å²) in [4.78, 5) is 16.3. The van der Waals surface area contributed by atoms with Crippen molar-refractivity contribution in [2.24, 2.45) is 5.92 Å². The van der Waals surface area contributed by atoms with Crippen LogP contribution in [0.5, 0.6) is 0 Å². The van der Waals surface area contributed by atoms with Crippen molar-refractivity contribution in [1.82, 2.24) is 15.1 Å². The summed E-state index contributed by atoms with van der Waals surface area (Å²) in [5.41, 5.74) is 1.41. The van der Waals surface area contributed by atoms with Gasteiger partial charge in [0.2, 0.25) is 5.91 Å². The Hall–Kier alpha value is -2.06. The van der Waals surface area contributed by atoms with Crippen LogP contribution < -0.4 is 0 Å². The zero-order valence-corrected chi connectivity index (χ0v) is 16.9. The Morgan fingerprint density at radius 3 is 3.15 bits per heavy atom. The van der Waals surface area contributed by atoms with Gasteiger partial charge in [0.15, 0.2) is 0 Å². The highest BCUT2D eigenvalue weighted by Gasteiger charge is 2.21. The van der Waals surface area contributed by atoms with Gasteiger partial charge in [0, 0.05) is 11.9 Å². The Labute approximate surface area is 166 Å². The number of amides is 1. The first-order valence-corrected chi connectivity index (χ1v) is 10.7. The molecule has 3 heterocycles. The fourth-order valence-corrected chi connectivity index (χ4v) is 4.97. The average molecular weight is 404 g/mol. The highest BCUT2D eigenvalue weighted by atomic mass is 32.2. The maximum Gasteiger partial charge on any atom is 0.277 e. The number of carbonyl (C=O) groups is 1. The molecule has 27 heavy (non-hydrogen) atoms. The van der Waals surface area contributed by atoms with E-state index in [1.165, 1.54) is 28.6 Å². The molecule has 0 unspecified atom stereocenters. The molecule has 0 bridgehead atoms. The number of fused-ring (bicyclic) bond motifs is 1. The molecule has 142 valence electrons. The second-order valence-electron chi connectivity index (χ2n) is 6.90. The van der Waals surface area contributed by atoms with Crippen LogP contribution in [0, 0.1) is 5.92 Å². The van der Waals surface area contributed by atoms with Crippen LogP contribution in [0.2, 0.25) is 0 Å². The summed E-state index contributed by atoms with van der Waals surface area (Å²) in [6, 6.07) is 5.84. The van der Waals surface area contributed by atoms with Gasteiger partial charge in [-0.25, -0.2) is 0 Å². The summed E-state index contributed by atoms with van der Waals surface area (Å²) >= 11 is 3.01. The third-order valence-corrected chi connectivity index (χ3v) is 6.69. The lowest BCUT2D eigenvalue weighted by atomic mass is 9.90. The Bertz CT molecular complexity index is 917. The van der Waals surface area contributed by atoms with Crippen LogP contribution in [-0.4, -0.2) is 33.8 Å². The maximum atomic E-state index is 12.3. The number of hydrogen-bond donors (Lipinski definition) is 0. The lowest BCUT2D eigenvalue weighted by molar-refractivity contribution is -0.127. The normalized spacial score (nSPS) is 16.3. The summed E-state index contributed by atoms with van der Waals surface area (Å²) < 4.78 is 11.0. The molecular formula is C19H21N3O3S2.